The van der Waals surface area contributed by atoms with Gasteiger partial charge in [-0.1, -0.05) is 19.8 Å². The minimum atomic E-state index is -0.422. The van der Waals surface area contributed by atoms with Crippen LogP contribution in [0.5, 0.6) is 0 Å². The molecule has 1 unspecified atom stereocenters. The Hall–Kier alpha value is -1.10. The molecule has 0 aromatic carbocycles. The van der Waals surface area contributed by atoms with Gasteiger partial charge in [0.05, 0.1) is 20.3 Å². The minimum Gasteiger partial charge on any atom is -0.468 e. The van der Waals surface area contributed by atoms with E-state index in [1.807, 2.05) is 6.92 Å². The highest BCUT2D eigenvalue weighted by molar-refractivity contribution is 5.77. The predicted octanol–water partition coefficient (Wildman–Crippen LogP) is 0.871. The van der Waals surface area contributed by atoms with E-state index in [4.69, 9.17) is 4.74 Å². The average molecular weight is 231 g/mol. The van der Waals surface area contributed by atoms with Crippen molar-refractivity contribution >= 4 is 11.9 Å². The number of esters is 2. The first-order valence-corrected chi connectivity index (χ1v) is 5.62. The molecule has 0 saturated heterocycles. The number of carbonyl (C=O) groups excluding carboxylic acids is 2. The molecule has 0 aromatic heterocycles. The molecule has 0 spiro atoms. The molecule has 5 heteroatoms. The van der Waals surface area contributed by atoms with Crippen molar-refractivity contribution in [3.8, 4) is 0 Å². The van der Waals surface area contributed by atoms with Gasteiger partial charge in [0.1, 0.15) is 6.04 Å². The molecular weight excluding hydrogens is 210 g/mol. The quantitative estimate of drug-likeness (QED) is 0.628. The third kappa shape index (κ3) is 6.40. The minimum absolute atomic E-state index is 0.0390. The molecule has 16 heavy (non-hydrogen) atoms. The fourth-order valence-electron chi connectivity index (χ4n) is 1.27. The Morgan fingerprint density at radius 1 is 1.31 bits per heavy atom. The molecule has 0 radical (unpaired) electrons. The number of methoxy groups -OCH3 is 1. The highest BCUT2D eigenvalue weighted by Crippen LogP contribution is 2.02. The Balaban J connectivity index is 4.00. The maximum Gasteiger partial charge on any atom is 0.322 e. The molecule has 1 N–H and O–H groups in total. The van der Waals surface area contributed by atoms with Crippen molar-refractivity contribution in [1.82, 2.24) is 5.32 Å². The molecule has 0 fully saturated rings. The van der Waals surface area contributed by atoms with Crippen molar-refractivity contribution in [3.63, 3.8) is 0 Å². The van der Waals surface area contributed by atoms with Crippen LogP contribution in [-0.2, 0) is 19.1 Å². The Labute approximate surface area is 96.5 Å². The number of hydrogen-bond acceptors (Lipinski definition) is 5. The fourth-order valence-corrected chi connectivity index (χ4v) is 1.27. The number of ether oxygens (including phenoxy) is 2. The van der Waals surface area contributed by atoms with Crippen LogP contribution in [0.1, 0.15) is 33.1 Å². The van der Waals surface area contributed by atoms with E-state index >= 15 is 0 Å². The van der Waals surface area contributed by atoms with Gasteiger partial charge in [-0.25, -0.2) is 0 Å². The average Bonchev–Trinajstić information content (AvgIpc) is 2.28. The first kappa shape index (κ1) is 14.9. The third-order valence-corrected chi connectivity index (χ3v) is 2.13. The summed E-state index contributed by atoms with van der Waals surface area (Å²) in [6, 6.07) is -0.422. The van der Waals surface area contributed by atoms with Crippen LogP contribution in [0.25, 0.3) is 0 Å². The van der Waals surface area contributed by atoms with E-state index in [0.29, 0.717) is 13.0 Å². The topological polar surface area (TPSA) is 64.6 Å². The van der Waals surface area contributed by atoms with E-state index in [9.17, 15) is 9.59 Å². The summed E-state index contributed by atoms with van der Waals surface area (Å²) in [6.07, 6.45) is 2.58. The van der Waals surface area contributed by atoms with Gasteiger partial charge in [-0.2, -0.15) is 0 Å². The SMILES string of the molecule is CCCCC(NCC(=O)OCC)C(=O)OC. The molecule has 0 saturated carbocycles. The van der Waals surface area contributed by atoms with Crippen LogP contribution in [0.15, 0.2) is 0 Å². The number of carbonyl (C=O) groups is 2. The van der Waals surface area contributed by atoms with E-state index < -0.39 is 6.04 Å². The van der Waals surface area contributed by atoms with E-state index in [1.165, 1.54) is 7.11 Å². The normalized spacial score (nSPS) is 11.9. The number of nitrogens with one attached hydrogen (secondary N) is 1. The third-order valence-electron chi connectivity index (χ3n) is 2.13. The molecule has 0 heterocycles. The first-order valence-electron chi connectivity index (χ1n) is 5.62. The first-order chi connectivity index (χ1) is 7.65. The van der Waals surface area contributed by atoms with Crippen LogP contribution in [0, 0.1) is 0 Å². The Kier molecular flexibility index (Phi) is 8.52. The predicted molar refractivity (Wildman–Crippen MR) is 60.0 cm³/mol. The largest absolute Gasteiger partial charge is 0.468 e. The highest BCUT2D eigenvalue weighted by atomic mass is 16.5. The van der Waals surface area contributed by atoms with Crippen molar-refractivity contribution in [2.45, 2.75) is 39.2 Å². The highest BCUT2D eigenvalue weighted by Gasteiger charge is 2.18. The zero-order valence-corrected chi connectivity index (χ0v) is 10.2. The van der Waals surface area contributed by atoms with Crippen LogP contribution in [0.4, 0.5) is 0 Å². The van der Waals surface area contributed by atoms with Crippen LogP contribution >= 0.6 is 0 Å². The lowest BCUT2D eigenvalue weighted by molar-refractivity contribution is -0.145. The van der Waals surface area contributed by atoms with Crippen LogP contribution in [0.3, 0.4) is 0 Å². The van der Waals surface area contributed by atoms with Gasteiger partial charge in [0.25, 0.3) is 0 Å². The second-order valence-corrected chi connectivity index (χ2v) is 3.40. The molecule has 0 aliphatic rings. The Morgan fingerprint density at radius 2 is 2.00 bits per heavy atom. The van der Waals surface area contributed by atoms with Crippen molar-refractivity contribution in [2.75, 3.05) is 20.3 Å². The summed E-state index contributed by atoms with van der Waals surface area (Å²) in [5, 5.41) is 2.84. The summed E-state index contributed by atoms with van der Waals surface area (Å²) in [5.41, 5.74) is 0. The number of hydrogen-bond donors (Lipinski definition) is 1. The van der Waals surface area contributed by atoms with Crippen molar-refractivity contribution in [1.29, 1.82) is 0 Å². The molecule has 0 aromatic rings. The van der Waals surface area contributed by atoms with Crippen molar-refractivity contribution < 1.29 is 19.1 Å². The maximum atomic E-state index is 11.4. The van der Waals surface area contributed by atoms with E-state index in [0.717, 1.165) is 12.8 Å². The molecular formula is C11H21NO4. The Morgan fingerprint density at radius 3 is 2.50 bits per heavy atom. The van der Waals surface area contributed by atoms with Crippen LogP contribution < -0.4 is 5.32 Å². The second-order valence-electron chi connectivity index (χ2n) is 3.40. The van der Waals surface area contributed by atoms with Gasteiger partial charge in [-0.05, 0) is 13.3 Å². The fraction of sp³-hybridized carbons (Fsp3) is 0.818. The molecule has 0 amide bonds. The smallest absolute Gasteiger partial charge is 0.322 e. The monoisotopic (exact) mass is 231 g/mol. The van der Waals surface area contributed by atoms with Gasteiger partial charge in [0.15, 0.2) is 0 Å². The van der Waals surface area contributed by atoms with Crippen LogP contribution in [0.2, 0.25) is 0 Å². The van der Waals surface area contributed by atoms with Gasteiger partial charge < -0.3 is 9.47 Å². The van der Waals surface area contributed by atoms with Gasteiger partial charge in [-0.3, -0.25) is 14.9 Å². The van der Waals surface area contributed by atoms with Crippen LogP contribution in [-0.4, -0.2) is 38.2 Å². The Bertz CT molecular complexity index is 218. The zero-order chi connectivity index (χ0) is 12.4. The zero-order valence-electron chi connectivity index (χ0n) is 10.2. The van der Waals surface area contributed by atoms with E-state index in [1.54, 1.807) is 6.92 Å². The van der Waals surface area contributed by atoms with Gasteiger partial charge >= 0.3 is 11.9 Å². The summed E-state index contributed by atoms with van der Waals surface area (Å²) in [4.78, 5) is 22.4. The lowest BCUT2D eigenvalue weighted by atomic mass is 10.1. The molecule has 1 atom stereocenters. The van der Waals surface area contributed by atoms with Gasteiger partial charge in [0.2, 0.25) is 0 Å². The molecule has 0 aliphatic carbocycles. The lowest BCUT2D eigenvalue weighted by Gasteiger charge is -2.15. The maximum absolute atomic E-state index is 11.4. The summed E-state index contributed by atoms with van der Waals surface area (Å²) in [5.74, 6) is -0.689. The molecule has 5 nitrogen and oxygen atoms in total. The van der Waals surface area contributed by atoms with E-state index in [2.05, 4.69) is 10.1 Å². The standard InChI is InChI=1S/C11H21NO4/c1-4-6-7-9(11(14)15-3)12-8-10(13)16-5-2/h9,12H,4-8H2,1-3H3. The van der Waals surface area contributed by atoms with E-state index in [-0.39, 0.29) is 18.5 Å². The van der Waals surface area contributed by atoms with Gasteiger partial charge in [-0.15, -0.1) is 0 Å². The molecule has 0 bridgehead atoms. The number of unbranched alkanes of at least 4 members (excludes halogenated alkanes) is 1. The van der Waals surface area contributed by atoms with Gasteiger partial charge in [0, 0.05) is 0 Å². The summed E-state index contributed by atoms with van der Waals surface area (Å²) >= 11 is 0. The summed E-state index contributed by atoms with van der Waals surface area (Å²) < 4.78 is 9.40. The molecule has 94 valence electrons. The second kappa shape index (κ2) is 9.15. The summed E-state index contributed by atoms with van der Waals surface area (Å²) in [7, 11) is 1.34. The number of rotatable bonds is 8. The summed E-state index contributed by atoms with van der Waals surface area (Å²) in [6.45, 7) is 4.17. The lowest BCUT2D eigenvalue weighted by Crippen LogP contribution is -2.40. The van der Waals surface area contributed by atoms with Crippen molar-refractivity contribution in [3.05, 3.63) is 0 Å². The molecule has 0 rings (SSSR count). The van der Waals surface area contributed by atoms with Crippen molar-refractivity contribution in [2.24, 2.45) is 0 Å². The molecule has 0 aliphatic heterocycles.